The molecule has 172 valence electrons. The zero-order valence-corrected chi connectivity index (χ0v) is 17.6. The van der Waals surface area contributed by atoms with E-state index in [1.807, 2.05) is 12.1 Å². The minimum absolute atomic E-state index is 0.0172. The predicted molar refractivity (Wildman–Crippen MR) is 114 cm³/mol. The SMILES string of the molecule is O=C1c2ccccc2C(=O)N1CC1CC2c3ccccc3Oc3ccc(C(F)(F)F)cc3N2O1. The molecule has 3 aliphatic heterocycles. The van der Waals surface area contributed by atoms with Crippen molar-refractivity contribution in [2.75, 3.05) is 11.6 Å². The average Bonchev–Trinajstić information content (AvgIpc) is 3.30. The van der Waals surface area contributed by atoms with Crippen LogP contribution in [0.15, 0.2) is 66.7 Å². The van der Waals surface area contributed by atoms with Crippen LogP contribution in [0.1, 0.15) is 44.3 Å². The summed E-state index contributed by atoms with van der Waals surface area (Å²) in [5, 5.41) is 1.42. The van der Waals surface area contributed by atoms with Gasteiger partial charge in [0.05, 0.1) is 29.3 Å². The third-order valence-corrected chi connectivity index (χ3v) is 6.32. The number of hydrogen-bond acceptors (Lipinski definition) is 5. The van der Waals surface area contributed by atoms with E-state index in [-0.39, 0.29) is 18.0 Å². The number of ether oxygens (including phenoxy) is 1. The van der Waals surface area contributed by atoms with Crippen molar-refractivity contribution < 1.29 is 32.3 Å². The molecule has 3 heterocycles. The lowest BCUT2D eigenvalue weighted by atomic mass is 10.00. The maximum absolute atomic E-state index is 13.4. The lowest BCUT2D eigenvalue weighted by Crippen LogP contribution is -2.37. The summed E-state index contributed by atoms with van der Waals surface area (Å²) >= 11 is 0. The van der Waals surface area contributed by atoms with Gasteiger partial charge in [0.25, 0.3) is 11.8 Å². The number of amides is 2. The molecule has 2 unspecified atom stereocenters. The van der Waals surface area contributed by atoms with Gasteiger partial charge >= 0.3 is 6.18 Å². The van der Waals surface area contributed by atoms with E-state index in [2.05, 4.69) is 0 Å². The number of nitrogens with zero attached hydrogens (tertiary/aromatic N) is 2. The van der Waals surface area contributed by atoms with E-state index in [9.17, 15) is 22.8 Å². The van der Waals surface area contributed by atoms with Crippen LogP contribution in [0, 0.1) is 0 Å². The second-order valence-corrected chi connectivity index (χ2v) is 8.39. The molecular formula is C25H17F3N2O4. The number of fused-ring (bicyclic) bond motifs is 6. The van der Waals surface area contributed by atoms with Crippen molar-refractivity contribution >= 4 is 17.5 Å². The third-order valence-electron chi connectivity index (χ3n) is 6.32. The molecule has 34 heavy (non-hydrogen) atoms. The lowest BCUT2D eigenvalue weighted by Gasteiger charge is -2.25. The normalized spacial score (nSPS) is 20.9. The highest BCUT2D eigenvalue weighted by molar-refractivity contribution is 6.21. The van der Waals surface area contributed by atoms with Crippen LogP contribution >= 0.6 is 0 Å². The summed E-state index contributed by atoms with van der Waals surface area (Å²) in [4.78, 5) is 32.8. The molecule has 2 amide bonds. The van der Waals surface area contributed by atoms with Crippen LogP contribution < -0.4 is 9.80 Å². The Kier molecular flexibility index (Phi) is 4.47. The number of alkyl halides is 3. The Balaban J connectivity index is 1.36. The van der Waals surface area contributed by atoms with Gasteiger partial charge in [0, 0.05) is 12.0 Å². The number of para-hydroxylation sites is 1. The first-order valence-corrected chi connectivity index (χ1v) is 10.7. The summed E-state index contributed by atoms with van der Waals surface area (Å²) < 4.78 is 46.3. The molecule has 0 bridgehead atoms. The molecule has 6 nitrogen and oxygen atoms in total. The number of carbonyl (C=O) groups is 2. The summed E-state index contributed by atoms with van der Waals surface area (Å²) in [7, 11) is 0. The van der Waals surface area contributed by atoms with Crippen LogP contribution in [0.2, 0.25) is 0 Å². The number of imide groups is 1. The van der Waals surface area contributed by atoms with E-state index < -0.39 is 35.7 Å². The molecule has 0 spiro atoms. The highest BCUT2D eigenvalue weighted by atomic mass is 19.4. The summed E-state index contributed by atoms with van der Waals surface area (Å²) in [6.45, 7) is -0.0172. The van der Waals surface area contributed by atoms with Gasteiger partial charge < -0.3 is 4.74 Å². The Morgan fingerprint density at radius 1 is 0.882 bits per heavy atom. The summed E-state index contributed by atoms with van der Waals surface area (Å²) in [5.74, 6) is -0.0742. The summed E-state index contributed by atoms with van der Waals surface area (Å²) in [6.07, 6.45) is -4.80. The minimum atomic E-state index is -4.54. The molecule has 2 atom stereocenters. The predicted octanol–water partition coefficient (Wildman–Crippen LogP) is 5.36. The van der Waals surface area contributed by atoms with E-state index in [4.69, 9.17) is 9.57 Å². The van der Waals surface area contributed by atoms with Crippen molar-refractivity contribution in [1.29, 1.82) is 0 Å². The molecule has 6 rings (SSSR count). The van der Waals surface area contributed by atoms with E-state index in [1.165, 1.54) is 11.1 Å². The molecular weight excluding hydrogens is 449 g/mol. The zero-order chi connectivity index (χ0) is 23.6. The van der Waals surface area contributed by atoms with Crippen LogP contribution in [0.25, 0.3) is 0 Å². The quantitative estimate of drug-likeness (QED) is 0.476. The van der Waals surface area contributed by atoms with Gasteiger partial charge in [0.1, 0.15) is 17.5 Å². The van der Waals surface area contributed by atoms with Gasteiger partial charge in [-0.3, -0.25) is 19.3 Å². The number of carbonyl (C=O) groups excluding carboxylic acids is 2. The van der Waals surface area contributed by atoms with E-state index in [1.54, 1.807) is 36.4 Å². The van der Waals surface area contributed by atoms with E-state index in [0.29, 0.717) is 23.3 Å². The monoisotopic (exact) mass is 466 g/mol. The van der Waals surface area contributed by atoms with Gasteiger partial charge in [0.15, 0.2) is 5.75 Å². The highest BCUT2D eigenvalue weighted by Crippen LogP contribution is 2.50. The van der Waals surface area contributed by atoms with Crippen molar-refractivity contribution in [3.05, 3.63) is 89.0 Å². The first-order chi connectivity index (χ1) is 16.3. The van der Waals surface area contributed by atoms with Gasteiger partial charge in [-0.2, -0.15) is 13.2 Å². The van der Waals surface area contributed by atoms with Crippen molar-refractivity contribution in [2.45, 2.75) is 24.7 Å². The fourth-order valence-corrected chi connectivity index (χ4v) is 4.74. The van der Waals surface area contributed by atoms with Crippen LogP contribution in [0.4, 0.5) is 18.9 Å². The van der Waals surface area contributed by atoms with Gasteiger partial charge in [-0.1, -0.05) is 30.3 Å². The Bertz CT molecular complexity index is 1300. The first-order valence-electron chi connectivity index (χ1n) is 10.7. The van der Waals surface area contributed by atoms with Gasteiger partial charge in [-0.15, -0.1) is 0 Å². The molecule has 3 aromatic carbocycles. The molecule has 3 aliphatic rings. The zero-order valence-electron chi connectivity index (χ0n) is 17.6. The molecule has 3 aromatic rings. The number of halogens is 3. The number of rotatable bonds is 2. The Hall–Kier alpha value is -3.85. The maximum Gasteiger partial charge on any atom is 0.416 e. The van der Waals surface area contributed by atoms with Crippen molar-refractivity contribution in [3.63, 3.8) is 0 Å². The fourth-order valence-electron chi connectivity index (χ4n) is 4.74. The van der Waals surface area contributed by atoms with Crippen LogP contribution in [-0.4, -0.2) is 29.4 Å². The average molecular weight is 466 g/mol. The minimum Gasteiger partial charge on any atom is -0.455 e. The van der Waals surface area contributed by atoms with Crippen LogP contribution in [-0.2, 0) is 11.0 Å². The van der Waals surface area contributed by atoms with Crippen molar-refractivity contribution in [3.8, 4) is 11.5 Å². The second-order valence-electron chi connectivity index (χ2n) is 8.39. The smallest absolute Gasteiger partial charge is 0.416 e. The Morgan fingerprint density at radius 3 is 2.26 bits per heavy atom. The van der Waals surface area contributed by atoms with E-state index >= 15 is 0 Å². The largest absolute Gasteiger partial charge is 0.455 e. The number of hydrogen-bond donors (Lipinski definition) is 0. The molecule has 1 fully saturated rings. The summed E-state index contributed by atoms with van der Waals surface area (Å²) in [6, 6.07) is 16.5. The standard InChI is InChI=1S/C25H17F3N2O4/c26-25(27,28)14-9-10-22-20(11-14)30-19(18-7-3-4-8-21(18)33-22)12-15(34-30)13-29-23(31)16-5-1-2-6-17(16)24(29)32/h1-11,15,19H,12-13H2. The first kappa shape index (κ1) is 20.7. The molecule has 0 aromatic heterocycles. The number of anilines is 1. The van der Waals surface area contributed by atoms with Crippen molar-refractivity contribution in [2.24, 2.45) is 0 Å². The molecule has 0 N–H and O–H groups in total. The summed E-state index contributed by atoms with van der Waals surface area (Å²) in [5.41, 5.74) is 0.725. The third kappa shape index (κ3) is 3.15. The van der Waals surface area contributed by atoms with Gasteiger partial charge in [-0.25, -0.2) is 5.06 Å². The maximum atomic E-state index is 13.4. The number of benzene rings is 3. The van der Waals surface area contributed by atoms with Gasteiger partial charge in [0.2, 0.25) is 0 Å². The second kappa shape index (κ2) is 7.33. The Morgan fingerprint density at radius 2 is 1.56 bits per heavy atom. The molecule has 0 aliphatic carbocycles. The van der Waals surface area contributed by atoms with Gasteiger partial charge in [-0.05, 0) is 36.4 Å². The molecule has 0 saturated carbocycles. The Labute approximate surface area is 192 Å². The number of hydroxylamine groups is 1. The van der Waals surface area contributed by atoms with Crippen molar-refractivity contribution in [1.82, 2.24) is 4.90 Å². The molecule has 9 heteroatoms. The molecule has 1 saturated heterocycles. The fraction of sp³-hybridized carbons (Fsp3) is 0.200. The highest BCUT2D eigenvalue weighted by Gasteiger charge is 2.44. The van der Waals surface area contributed by atoms with Crippen LogP contribution in [0.5, 0.6) is 11.5 Å². The van der Waals surface area contributed by atoms with Crippen LogP contribution in [0.3, 0.4) is 0 Å². The lowest BCUT2D eigenvalue weighted by molar-refractivity contribution is -0.137. The molecule has 0 radical (unpaired) electrons. The topological polar surface area (TPSA) is 59.1 Å². The van der Waals surface area contributed by atoms with E-state index in [0.717, 1.165) is 22.6 Å².